The molecule has 0 radical (unpaired) electrons. The van der Waals surface area contributed by atoms with E-state index in [1.165, 1.54) is 0 Å². The van der Waals surface area contributed by atoms with Gasteiger partial charge in [0.1, 0.15) is 16.5 Å². The lowest BCUT2D eigenvalue weighted by Gasteiger charge is -2.34. The SMILES string of the molecule is COc1ccc(-c2nc(CN3CCN(C(=O)c4cc(Br)c[nH]4)CC3)cs2)cc1. The minimum absolute atomic E-state index is 0.0563. The molecule has 3 aromatic rings. The van der Waals surface area contributed by atoms with E-state index in [2.05, 4.69) is 31.2 Å². The number of nitrogens with one attached hydrogen (secondary N) is 1. The number of aromatic amines is 1. The number of piperazine rings is 1. The van der Waals surface area contributed by atoms with Gasteiger partial charge in [-0.1, -0.05) is 0 Å². The Morgan fingerprint density at radius 1 is 1.25 bits per heavy atom. The lowest BCUT2D eigenvalue weighted by molar-refractivity contribution is 0.0622. The molecule has 1 aromatic carbocycles. The highest BCUT2D eigenvalue weighted by molar-refractivity contribution is 9.10. The molecule has 0 bridgehead atoms. The van der Waals surface area contributed by atoms with Crippen LogP contribution >= 0.6 is 27.3 Å². The molecule has 0 spiro atoms. The molecule has 0 aliphatic carbocycles. The molecule has 1 fully saturated rings. The molecule has 4 rings (SSSR count). The summed E-state index contributed by atoms with van der Waals surface area (Å²) in [5.41, 5.74) is 2.80. The third-order valence-corrected chi connectivity index (χ3v) is 6.21. The van der Waals surface area contributed by atoms with Crippen molar-refractivity contribution in [3.63, 3.8) is 0 Å². The van der Waals surface area contributed by atoms with Gasteiger partial charge < -0.3 is 14.6 Å². The van der Waals surface area contributed by atoms with Crippen molar-refractivity contribution in [3.8, 4) is 16.3 Å². The van der Waals surface area contributed by atoms with Crippen LogP contribution in [-0.2, 0) is 6.54 Å². The van der Waals surface area contributed by atoms with Gasteiger partial charge in [-0.05, 0) is 46.3 Å². The van der Waals surface area contributed by atoms with Crippen LogP contribution in [0.1, 0.15) is 16.2 Å². The predicted octanol–water partition coefficient (Wildman–Crippen LogP) is 3.87. The first-order valence-corrected chi connectivity index (χ1v) is 10.7. The van der Waals surface area contributed by atoms with E-state index in [9.17, 15) is 4.79 Å². The van der Waals surface area contributed by atoms with Crippen LogP contribution in [0.25, 0.3) is 10.6 Å². The number of halogens is 1. The fourth-order valence-electron chi connectivity index (χ4n) is 3.25. The molecule has 0 unspecified atom stereocenters. The number of ether oxygens (including phenoxy) is 1. The maximum Gasteiger partial charge on any atom is 0.270 e. The number of amides is 1. The Morgan fingerprint density at radius 2 is 2.00 bits per heavy atom. The lowest BCUT2D eigenvalue weighted by Crippen LogP contribution is -2.48. The first kappa shape index (κ1) is 19.2. The van der Waals surface area contributed by atoms with E-state index < -0.39 is 0 Å². The molecule has 6 nitrogen and oxygen atoms in total. The summed E-state index contributed by atoms with van der Waals surface area (Å²) in [4.78, 5) is 24.6. The highest BCUT2D eigenvalue weighted by atomic mass is 79.9. The molecule has 1 amide bonds. The minimum atomic E-state index is 0.0563. The average molecular weight is 461 g/mol. The molecular formula is C20H21BrN4O2S. The summed E-state index contributed by atoms with van der Waals surface area (Å²) in [6.45, 7) is 3.96. The minimum Gasteiger partial charge on any atom is -0.497 e. The van der Waals surface area contributed by atoms with Gasteiger partial charge in [-0.15, -0.1) is 11.3 Å². The number of benzene rings is 1. The average Bonchev–Trinajstić information content (AvgIpc) is 3.37. The van der Waals surface area contributed by atoms with Crippen LogP contribution in [0.4, 0.5) is 0 Å². The van der Waals surface area contributed by atoms with Gasteiger partial charge in [-0.25, -0.2) is 4.98 Å². The number of rotatable bonds is 5. The zero-order chi connectivity index (χ0) is 19.5. The smallest absolute Gasteiger partial charge is 0.270 e. The quantitative estimate of drug-likeness (QED) is 0.627. The summed E-state index contributed by atoms with van der Waals surface area (Å²) in [6.07, 6.45) is 1.78. The molecule has 1 saturated heterocycles. The van der Waals surface area contributed by atoms with Crippen molar-refractivity contribution in [2.75, 3.05) is 33.3 Å². The predicted molar refractivity (Wildman–Crippen MR) is 114 cm³/mol. The maximum atomic E-state index is 12.5. The van der Waals surface area contributed by atoms with Crippen LogP contribution in [-0.4, -0.2) is 59.0 Å². The highest BCUT2D eigenvalue weighted by Crippen LogP contribution is 2.26. The molecule has 1 aliphatic rings. The van der Waals surface area contributed by atoms with Gasteiger partial charge >= 0.3 is 0 Å². The number of aromatic nitrogens is 2. The molecule has 28 heavy (non-hydrogen) atoms. The second-order valence-electron chi connectivity index (χ2n) is 6.67. The number of methoxy groups -OCH3 is 1. The normalized spacial score (nSPS) is 15.0. The van der Waals surface area contributed by atoms with Crippen LogP contribution in [0.2, 0.25) is 0 Å². The summed E-state index contributed by atoms with van der Waals surface area (Å²) in [7, 11) is 1.67. The molecule has 3 heterocycles. The number of carbonyl (C=O) groups is 1. The number of H-pyrrole nitrogens is 1. The summed E-state index contributed by atoms with van der Waals surface area (Å²) in [5, 5.41) is 3.14. The topological polar surface area (TPSA) is 61.5 Å². The van der Waals surface area contributed by atoms with Crippen molar-refractivity contribution in [2.45, 2.75) is 6.54 Å². The summed E-state index contributed by atoms with van der Waals surface area (Å²) in [6, 6.07) is 9.80. The van der Waals surface area contributed by atoms with Gasteiger partial charge in [0.15, 0.2) is 0 Å². The van der Waals surface area contributed by atoms with Crippen LogP contribution < -0.4 is 4.74 Å². The van der Waals surface area contributed by atoms with Crippen molar-refractivity contribution in [1.82, 2.24) is 19.8 Å². The first-order valence-electron chi connectivity index (χ1n) is 9.07. The first-order chi connectivity index (χ1) is 13.6. The molecule has 2 aromatic heterocycles. The Balaban J connectivity index is 1.32. The molecular weight excluding hydrogens is 440 g/mol. The Hall–Kier alpha value is -2.16. The molecule has 8 heteroatoms. The van der Waals surface area contributed by atoms with Gasteiger partial charge in [0.25, 0.3) is 5.91 Å². The highest BCUT2D eigenvalue weighted by Gasteiger charge is 2.23. The van der Waals surface area contributed by atoms with E-state index in [0.29, 0.717) is 5.69 Å². The summed E-state index contributed by atoms with van der Waals surface area (Å²) in [5.74, 6) is 0.903. The van der Waals surface area contributed by atoms with Crippen molar-refractivity contribution in [1.29, 1.82) is 0 Å². The van der Waals surface area contributed by atoms with E-state index >= 15 is 0 Å². The van der Waals surface area contributed by atoms with E-state index in [1.807, 2.05) is 35.2 Å². The number of carbonyl (C=O) groups excluding carboxylic acids is 1. The lowest BCUT2D eigenvalue weighted by atomic mass is 10.2. The zero-order valence-electron chi connectivity index (χ0n) is 15.5. The van der Waals surface area contributed by atoms with Crippen LogP contribution in [0.5, 0.6) is 5.75 Å². The number of thiazole rings is 1. The van der Waals surface area contributed by atoms with Crippen LogP contribution in [0.15, 0.2) is 46.4 Å². The largest absolute Gasteiger partial charge is 0.497 e. The van der Waals surface area contributed by atoms with Crippen LogP contribution in [0, 0.1) is 0 Å². The van der Waals surface area contributed by atoms with Crippen LogP contribution in [0.3, 0.4) is 0 Å². The van der Waals surface area contributed by atoms with E-state index in [0.717, 1.165) is 59.2 Å². The van der Waals surface area contributed by atoms with Crippen molar-refractivity contribution in [2.24, 2.45) is 0 Å². The van der Waals surface area contributed by atoms with E-state index in [1.54, 1.807) is 24.6 Å². The Kier molecular flexibility index (Phi) is 5.79. The van der Waals surface area contributed by atoms with Crippen molar-refractivity contribution in [3.05, 3.63) is 57.8 Å². The standard InChI is InChI=1S/C20H21BrN4O2S/c1-27-17-4-2-14(3-5-17)19-23-16(13-28-19)12-24-6-8-25(9-7-24)20(26)18-10-15(21)11-22-18/h2-5,10-11,13,22H,6-9,12H2,1H3. The fourth-order valence-corrected chi connectivity index (χ4v) is 4.41. The van der Waals surface area contributed by atoms with Crippen molar-refractivity contribution < 1.29 is 9.53 Å². The third kappa shape index (κ3) is 4.29. The van der Waals surface area contributed by atoms with Gasteiger partial charge in [0.05, 0.1) is 12.8 Å². The van der Waals surface area contributed by atoms with E-state index in [-0.39, 0.29) is 5.91 Å². The second-order valence-corrected chi connectivity index (χ2v) is 8.45. The zero-order valence-corrected chi connectivity index (χ0v) is 17.9. The summed E-state index contributed by atoms with van der Waals surface area (Å²) < 4.78 is 6.10. The van der Waals surface area contributed by atoms with Gasteiger partial charge in [0, 0.05) is 54.3 Å². The van der Waals surface area contributed by atoms with Crippen molar-refractivity contribution >= 4 is 33.2 Å². The van der Waals surface area contributed by atoms with Gasteiger partial charge in [-0.2, -0.15) is 0 Å². The number of nitrogens with zero attached hydrogens (tertiary/aromatic N) is 3. The molecule has 146 valence electrons. The van der Waals surface area contributed by atoms with Gasteiger partial charge in [-0.3, -0.25) is 9.69 Å². The van der Waals surface area contributed by atoms with Gasteiger partial charge in [0.2, 0.25) is 0 Å². The second kappa shape index (κ2) is 8.46. The number of hydrogen-bond donors (Lipinski definition) is 1. The third-order valence-electron chi connectivity index (χ3n) is 4.81. The molecule has 0 atom stereocenters. The summed E-state index contributed by atoms with van der Waals surface area (Å²) >= 11 is 5.03. The fraction of sp³-hybridized carbons (Fsp3) is 0.300. The Labute approximate surface area is 176 Å². The molecule has 0 saturated carbocycles. The molecule has 1 N–H and O–H groups in total. The maximum absolute atomic E-state index is 12.5. The Morgan fingerprint density at radius 3 is 2.64 bits per heavy atom. The Bertz CT molecular complexity index is 945. The number of hydrogen-bond acceptors (Lipinski definition) is 5. The van der Waals surface area contributed by atoms with E-state index in [4.69, 9.17) is 9.72 Å². The monoisotopic (exact) mass is 460 g/mol. The molecule has 1 aliphatic heterocycles.